The van der Waals surface area contributed by atoms with Crippen LogP contribution < -0.4 is 0 Å². The second kappa shape index (κ2) is 47.7. The molecule has 1 amide bonds. The van der Waals surface area contributed by atoms with Gasteiger partial charge in [0.05, 0.1) is 58.0 Å². The van der Waals surface area contributed by atoms with E-state index in [4.69, 9.17) is 33.2 Å². The Morgan fingerprint density at radius 1 is 0.392 bits per heavy atom. The first-order valence-corrected chi connectivity index (χ1v) is 32.0. The molecule has 2 fully saturated rings. The van der Waals surface area contributed by atoms with Crippen LogP contribution in [-0.4, -0.2) is 130 Å². The fourth-order valence-electron chi connectivity index (χ4n) is 10.2. The van der Waals surface area contributed by atoms with Gasteiger partial charge in [0.1, 0.15) is 13.2 Å². The van der Waals surface area contributed by atoms with E-state index in [2.05, 4.69) is 39.5 Å². The monoisotopic (exact) mass is 1120 g/mol. The lowest BCUT2D eigenvalue weighted by Crippen LogP contribution is -2.54. The first-order valence-electron chi connectivity index (χ1n) is 32.0. The minimum Gasteiger partial charge on any atom is -0.465 e. The number of amides is 1. The molecule has 16 heteroatoms. The Kier molecular flexibility index (Phi) is 42.9. The molecule has 2 rings (SSSR count). The predicted molar refractivity (Wildman–Crippen MR) is 308 cm³/mol. The lowest BCUT2D eigenvalue weighted by atomic mass is 9.96. The van der Waals surface area contributed by atoms with Crippen molar-refractivity contribution in [3.8, 4) is 0 Å². The van der Waals surface area contributed by atoms with E-state index in [-0.39, 0.29) is 109 Å². The lowest BCUT2D eigenvalue weighted by molar-refractivity contribution is -0.157. The van der Waals surface area contributed by atoms with Crippen LogP contribution in [-0.2, 0) is 61.9 Å². The molecule has 2 saturated heterocycles. The summed E-state index contributed by atoms with van der Waals surface area (Å²) in [4.78, 5) is 96.5. The van der Waals surface area contributed by atoms with Gasteiger partial charge in [0, 0.05) is 44.1 Å². The molecule has 458 valence electrons. The third-order valence-electron chi connectivity index (χ3n) is 15.4. The van der Waals surface area contributed by atoms with E-state index < -0.39 is 42.0 Å². The summed E-state index contributed by atoms with van der Waals surface area (Å²) in [6.07, 6.45) is 29.3. The van der Waals surface area contributed by atoms with Crippen molar-refractivity contribution in [1.82, 2.24) is 9.80 Å². The van der Waals surface area contributed by atoms with Crippen molar-refractivity contribution < 1.29 is 66.7 Å². The number of hydrogen-bond donors (Lipinski definition) is 0. The standard InChI is InChI=1S/C63H112N2O14/c1-6-10-14-18-22-26-34-57(66)74-46-53(47-75-58(67)35-27-23-19-15-11-7-2)44-61(70)78-50-55-32-30-33-56(65(55)63(72)73-43-31-40-64-41-38-52(5)39-42-64)51-79-62(71)45-54(48-76-59(68)36-28-24-20-16-12-8-3)49-77-60(69)37-29-25-21-17-13-9-4/h52-56H,6-51H2,1-5H3/t55-,56+. The van der Waals surface area contributed by atoms with Crippen LogP contribution in [0.15, 0.2) is 0 Å². The number of carbonyl (C=O) groups excluding carboxylic acids is 7. The topological polar surface area (TPSA) is 191 Å². The van der Waals surface area contributed by atoms with Gasteiger partial charge in [-0.2, -0.15) is 0 Å². The zero-order valence-corrected chi connectivity index (χ0v) is 50.5. The Bertz CT molecular complexity index is 1460. The molecular formula is C63H112N2O14. The lowest BCUT2D eigenvalue weighted by Gasteiger charge is -2.40. The van der Waals surface area contributed by atoms with Crippen molar-refractivity contribution in [2.75, 3.05) is 65.9 Å². The molecule has 0 unspecified atom stereocenters. The summed E-state index contributed by atoms with van der Waals surface area (Å²) < 4.78 is 40.2. The van der Waals surface area contributed by atoms with E-state index in [1.807, 2.05) is 0 Å². The molecule has 0 aromatic heterocycles. The van der Waals surface area contributed by atoms with Gasteiger partial charge >= 0.3 is 41.9 Å². The number of hydrogen-bond acceptors (Lipinski definition) is 15. The van der Waals surface area contributed by atoms with Gasteiger partial charge in [-0.1, -0.05) is 163 Å². The van der Waals surface area contributed by atoms with Crippen molar-refractivity contribution in [3.05, 3.63) is 0 Å². The van der Waals surface area contributed by atoms with Crippen LogP contribution in [0, 0.1) is 17.8 Å². The SMILES string of the molecule is CCCCCCCCC(=O)OCC(COC(=O)CCCCCCCC)CC(=O)OC[C@H]1CCC[C@@H](COC(=O)CC(COC(=O)CCCCCCCC)COC(=O)CCCCCCCC)N1C(=O)OCCCN1CCC(C)CC1. The van der Waals surface area contributed by atoms with Crippen molar-refractivity contribution in [3.63, 3.8) is 0 Å². The Morgan fingerprint density at radius 3 is 1.06 bits per heavy atom. The highest BCUT2D eigenvalue weighted by atomic mass is 16.6. The van der Waals surface area contributed by atoms with E-state index in [1.54, 1.807) is 4.90 Å². The van der Waals surface area contributed by atoms with Crippen LogP contribution in [0.4, 0.5) is 4.79 Å². The van der Waals surface area contributed by atoms with E-state index in [9.17, 15) is 33.6 Å². The summed E-state index contributed by atoms with van der Waals surface area (Å²) in [7, 11) is 0. The molecule has 16 nitrogen and oxygen atoms in total. The van der Waals surface area contributed by atoms with Gasteiger partial charge in [0.25, 0.3) is 0 Å². The third-order valence-corrected chi connectivity index (χ3v) is 15.4. The zero-order valence-electron chi connectivity index (χ0n) is 50.5. The van der Waals surface area contributed by atoms with Gasteiger partial charge in [-0.15, -0.1) is 0 Å². The zero-order chi connectivity index (χ0) is 57.6. The van der Waals surface area contributed by atoms with Crippen LogP contribution >= 0.6 is 0 Å². The Hall–Kier alpha value is -3.95. The number of esters is 6. The molecule has 0 saturated carbocycles. The Balaban J connectivity index is 2.15. The van der Waals surface area contributed by atoms with Crippen molar-refractivity contribution in [2.24, 2.45) is 17.8 Å². The molecule has 0 N–H and O–H groups in total. The fourth-order valence-corrected chi connectivity index (χ4v) is 10.2. The summed E-state index contributed by atoms with van der Waals surface area (Å²) in [5.74, 6) is -3.18. The summed E-state index contributed by atoms with van der Waals surface area (Å²) >= 11 is 0. The molecule has 0 radical (unpaired) electrons. The number of nitrogens with zero attached hydrogens (tertiary/aromatic N) is 2. The van der Waals surface area contributed by atoms with Gasteiger partial charge in [-0.25, -0.2) is 4.79 Å². The second-order valence-corrected chi connectivity index (χ2v) is 22.9. The Morgan fingerprint density at radius 2 is 0.722 bits per heavy atom. The molecule has 0 aromatic carbocycles. The molecule has 0 aliphatic carbocycles. The van der Waals surface area contributed by atoms with E-state index >= 15 is 0 Å². The molecule has 79 heavy (non-hydrogen) atoms. The maximum atomic E-state index is 14.1. The maximum absolute atomic E-state index is 14.1. The minimum atomic E-state index is -0.631. The maximum Gasteiger partial charge on any atom is 0.410 e. The number of carbonyl (C=O) groups is 7. The highest BCUT2D eigenvalue weighted by Crippen LogP contribution is 2.26. The van der Waals surface area contributed by atoms with Crippen LogP contribution in [0.1, 0.15) is 266 Å². The summed E-state index contributed by atoms with van der Waals surface area (Å²) in [5.41, 5.74) is 0. The summed E-state index contributed by atoms with van der Waals surface area (Å²) in [6, 6.07) is -1.18. The Labute approximate surface area is 478 Å². The van der Waals surface area contributed by atoms with Gasteiger partial charge in [-0.05, 0) is 83.2 Å². The van der Waals surface area contributed by atoms with E-state index in [1.165, 1.54) is 25.7 Å². The highest BCUT2D eigenvalue weighted by molar-refractivity contribution is 5.73. The quantitative estimate of drug-likeness (QED) is 0.0317. The smallest absolute Gasteiger partial charge is 0.410 e. The molecule has 2 atom stereocenters. The van der Waals surface area contributed by atoms with Crippen molar-refractivity contribution in [2.45, 2.75) is 278 Å². The highest BCUT2D eigenvalue weighted by Gasteiger charge is 2.37. The second-order valence-electron chi connectivity index (χ2n) is 22.9. The molecule has 2 heterocycles. The van der Waals surface area contributed by atoms with Gasteiger partial charge in [0.2, 0.25) is 0 Å². The molecule has 2 aliphatic rings. The van der Waals surface area contributed by atoms with Gasteiger partial charge < -0.3 is 38.1 Å². The first kappa shape index (κ1) is 71.2. The van der Waals surface area contributed by atoms with E-state index in [0.717, 1.165) is 135 Å². The normalized spacial score (nSPS) is 16.0. The average molecular weight is 1120 g/mol. The molecule has 0 spiro atoms. The van der Waals surface area contributed by atoms with Gasteiger partial charge in [0.15, 0.2) is 0 Å². The van der Waals surface area contributed by atoms with Crippen LogP contribution in [0.3, 0.4) is 0 Å². The first-order chi connectivity index (χ1) is 38.4. The predicted octanol–water partition coefficient (Wildman–Crippen LogP) is 13.7. The molecule has 0 bridgehead atoms. The van der Waals surface area contributed by atoms with E-state index in [0.29, 0.717) is 57.3 Å². The van der Waals surface area contributed by atoms with Crippen LogP contribution in [0.2, 0.25) is 0 Å². The fraction of sp³-hybridized carbons (Fsp3) is 0.889. The largest absolute Gasteiger partial charge is 0.465 e. The minimum absolute atomic E-state index is 0.107. The molecule has 0 aromatic rings. The number of likely N-dealkylation sites (tertiary alicyclic amines) is 2. The molecular weight excluding hydrogens is 1010 g/mol. The number of unbranched alkanes of at least 4 members (excludes halogenated alkanes) is 20. The number of piperidine rings is 2. The van der Waals surface area contributed by atoms with Crippen molar-refractivity contribution in [1.29, 1.82) is 0 Å². The number of rotatable bonds is 48. The van der Waals surface area contributed by atoms with Gasteiger partial charge in [-0.3, -0.25) is 33.7 Å². The van der Waals surface area contributed by atoms with Crippen molar-refractivity contribution >= 4 is 41.9 Å². The summed E-state index contributed by atoms with van der Waals surface area (Å²) in [6.45, 7) is 13.2. The van der Waals surface area contributed by atoms with Crippen LogP contribution in [0.5, 0.6) is 0 Å². The summed E-state index contributed by atoms with van der Waals surface area (Å²) in [5, 5.41) is 0. The average Bonchev–Trinajstić information content (AvgIpc) is 3.45. The number of ether oxygens (including phenoxy) is 7. The molecule has 2 aliphatic heterocycles. The van der Waals surface area contributed by atoms with Crippen LogP contribution in [0.25, 0.3) is 0 Å². The third kappa shape index (κ3) is 37.6.